The predicted octanol–water partition coefficient (Wildman–Crippen LogP) is 4.42. The highest BCUT2D eigenvalue weighted by atomic mass is 32.2. The van der Waals surface area contributed by atoms with Crippen molar-refractivity contribution in [1.29, 1.82) is 0 Å². The van der Waals surface area contributed by atoms with Crippen molar-refractivity contribution < 1.29 is 4.74 Å². The second-order valence-electron chi connectivity index (χ2n) is 5.95. The standard InChI is InChI=1S/C20H18N4OS/c1-14-6-8-16(9-7-14)24-19-18(11-23-24)20(22-13-21-19)26-12-15-4-3-5-17(10-15)25-2/h3-11,13H,12H2,1-2H3. The SMILES string of the molecule is COc1cccc(CSc2ncnc3c2cnn3-c2ccc(C)cc2)c1. The number of benzene rings is 2. The van der Waals surface area contributed by atoms with Crippen LogP contribution in [0, 0.1) is 6.92 Å². The molecule has 6 heteroatoms. The predicted molar refractivity (Wildman–Crippen MR) is 104 cm³/mol. The Balaban J connectivity index is 1.63. The first-order chi connectivity index (χ1) is 12.7. The number of nitrogens with zero attached hydrogens (tertiary/aromatic N) is 4. The Morgan fingerprint density at radius 3 is 2.73 bits per heavy atom. The summed E-state index contributed by atoms with van der Waals surface area (Å²) in [5.74, 6) is 1.67. The highest BCUT2D eigenvalue weighted by Gasteiger charge is 2.11. The molecule has 2 aromatic carbocycles. The van der Waals surface area contributed by atoms with Crippen LogP contribution >= 0.6 is 11.8 Å². The lowest BCUT2D eigenvalue weighted by atomic mass is 10.2. The Morgan fingerprint density at radius 1 is 1.08 bits per heavy atom. The van der Waals surface area contributed by atoms with Crippen molar-refractivity contribution in [3.8, 4) is 11.4 Å². The number of methoxy groups -OCH3 is 1. The average Bonchev–Trinajstić information content (AvgIpc) is 3.12. The van der Waals surface area contributed by atoms with Gasteiger partial charge in [0.1, 0.15) is 17.1 Å². The van der Waals surface area contributed by atoms with Gasteiger partial charge in [0.05, 0.1) is 24.4 Å². The number of rotatable bonds is 5. The number of hydrogen-bond acceptors (Lipinski definition) is 5. The normalized spacial score (nSPS) is 11.0. The Kier molecular flexibility index (Phi) is 4.58. The number of hydrogen-bond donors (Lipinski definition) is 0. The van der Waals surface area contributed by atoms with Gasteiger partial charge in [-0.25, -0.2) is 14.6 Å². The fraction of sp³-hybridized carbons (Fsp3) is 0.150. The molecule has 0 aliphatic heterocycles. The molecule has 2 heterocycles. The molecule has 0 aliphatic rings. The largest absolute Gasteiger partial charge is 0.497 e. The fourth-order valence-corrected chi connectivity index (χ4v) is 3.63. The van der Waals surface area contributed by atoms with Gasteiger partial charge < -0.3 is 4.74 Å². The maximum absolute atomic E-state index is 5.29. The van der Waals surface area contributed by atoms with E-state index in [9.17, 15) is 0 Å². The highest BCUT2D eigenvalue weighted by Crippen LogP contribution is 2.29. The summed E-state index contributed by atoms with van der Waals surface area (Å²) in [6.45, 7) is 2.07. The molecular weight excluding hydrogens is 344 g/mol. The second kappa shape index (κ2) is 7.17. The van der Waals surface area contributed by atoms with E-state index in [1.807, 2.05) is 41.2 Å². The zero-order valence-corrected chi connectivity index (χ0v) is 15.4. The maximum atomic E-state index is 5.29. The molecule has 0 bridgehead atoms. The second-order valence-corrected chi connectivity index (χ2v) is 6.91. The number of fused-ring (bicyclic) bond motifs is 1. The summed E-state index contributed by atoms with van der Waals surface area (Å²) < 4.78 is 7.14. The first kappa shape index (κ1) is 16.6. The zero-order chi connectivity index (χ0) is 17.9. The van der Waals surface area contributed by atoms with E-state index in [2.05, 4.69) is 40.2 Å². The van der Waals surface area contributed by atoms with Gasteiger partial charge in [0.15, 0.2) is 5.65 Å². The molecule has 4 rings (SSSR count). The summed E-state index contributed by atoms with van der Waals surface area (Å²) in [7, 11) is 1.68. The monoisotopic (exact) mass is 362 g/mol. The molecule has 0 saturated heterocycles. The highest BCUT2D eigenvalue weighted by molar-refractivity contribution is 7.98. The van der Waals surface area contributed by atoms with Crippen molar-refractivity contribution in [2.75, 3.05) is 7.11 Å². The van der Waals surface area contributed by atoms with Gasteiger partial charge in [-0.15, -0.1) is 11.8 Å². The Labute approximate surface area is 156 Å². The van der Waals surface area contributed by atoms with Crippen LogP contribution in [0.4, 0.5) is 0 Å². The molecule has 0 N–H and O–H groups in total. The van der Waals surface area contributed by atoms with Crippen molar-refractivity contribution in [3.05, 3.63) is 72.2 Å². The van der Waals surface area contributed by atoms with E-state index in [1.165, 1.54) is 11.1 Å². The van der Waals surface area contributed by atoms with Crippen LogP contribution in [0.3, 0.4) is 0 Å². The van der Waals surface area contributed by atoms with Crippen LogP contribution in [0.5, 0.6) is 5.75 Å². The molecule has 0 fully saturated rings. The van der Waals surface area contributed by atoms with Crippen LogP contribution in [0.1, 0.15) is 11.1 Å². The molecule has 0 amide bonds. The van der Waals surface area contributed by atoms with Crippen molar-refractivity contribution in [1.82, 2.24) is 19.7 Å². The summed E-state index contributed by atoms with van der Waals surface area (Å²) in [6.07, 6.45) is 3.44. The molecule has 26 heavy (non-hydrogen) atoms. The minimum Gasteiger partial charge on any atom is -0.497 e. The van der Waals surface area contributed by atoms with Crippen LogP contribution < -0.4 is 4.74 Å². The van der Waals surface area contributed by atoms with Gasteiger partial charge >= 0.3 is 0 Å². The first-order valence-corrected chi connectivity index (χ1v) is 9.24. The smallest absolute Gasteiger partial charge is 0.167 e. The maximum Gasteiger partial charge on any atom is 0.167 e. The molecule has 2 aromatic heterocycles. The number of thioether (sulfide) groups is 1. The average molecular weight is 362 g/mol. The van der Waals surface area contributed by atoms with E-state index >= 15 is 0 Å². The molecular formula is C20H18N4OS. The lowest BCUT2D eigenvalue weighted by Crippen LogP contribution is -1.98. The van der Waals surface area contributed by atoms with E-state index in [1.54, 1.807) is 25.2 Å². The van der Waals surface area contributed by atoms with E-state index in [0.717, 1.165) is 33.2 Å². The Morgan fingerprint density at radius 2 is 1.92 bits per heavy atom. The molecule has 0 spiro atoms. The molecule has 5 nitrogen and oxygen atoms in total. The summed E-state index contributed by atoms with van der Waals surface area (Å²) in [5.41, 5.74) is 4.21. The van der Waals surface area contributed by atoms with Crippen LogP contribution in [0.15, 0.2) is 66.1 Å². The van der Waals surface area contributed by atoms with Crippen molar-refractivity contribution in [2.45, 2.75) is 17.7 Å². The molecule has 130 valence electrons. The van der Waals surface area contributed by atoms with Gasteiger partial charge in [0, 0.05) is 5.75 Å². The van der Waals surface area contributed by atoms with E-state index < -0.39 is 0 Å². The van der Waals surface area contributed by atoms with Gasteiger partial charge in [-0.05, 0) is 36.8 Å². The van der Waals surface area contributed by atoms with Gasteiger partial charge in [-0.3, -0.25) is 0 Å². The third-order valence-corrected chi connectivity index (χ3v) is 5.19. The quantitative estimate of drug-likeness (QED) is 0.388. The zero-order valence-electron chi connectivity index (χ0n) is 14.6. The van der Waals surface area contributed by atoms with E-state index in [0.29, 0.717) is 0 Å². The molecule has 4 aromatic rings. The summed E-state index contributed by atoms with van der Waals surface area (Å²) in [5, 5.41) is 6.41. The first-order valence-electron chi connectivity index (χ1n) is 8.26. The number of ether oxygens (including phenoxy) is 1. The van der Waals surface area contributed by atoms with E-state index in [4.69, 9.17) is 4.74 Å². The van der Waals surface area contributed by atoms with Gasteiger partial charge in [0.2, 0.25) is 0 Å². The minimum absolute atomic E-state index is 0.805. The number of aromatic nitrogens is 4. The van der Waals surface area contributed by atoms with Gasteiger partial charge in [-0.2, -0.15) is 5.10 Å². The van der Waals surface area contributed by atoms with Crippen LogP contribution in [-0.2, 0) is 5.75 Å². The van der Waals surface area contributed by atoms with Crippen LogP contribution in [0.25, 0.3) is 16.7 Å². The summed E-state index contributed by atoms with van der Waals surface area (Å²) in [6, 6.07) is 16.3. The van der Waals surface area contributed by atoms with Crippen LogP contribution in [0.2, 0.25) is 0 Å². The lowest BCUT2D eigenvalue weighted by molar-refractivity contribution is 0.414. The molecule has 0 unspecified atom stereocenters. The van der Waals surface area contributed by atoms with Crippen molar-refractivity contribution in [2.24, 2.45) is 0 Å². The molecule has 0 atom stereocenters. The molecule has 0 aliphatic carbocycles. The summed E-state index contributed by atoms with van der Waals surface area (Å²) >= 11 is 1.67. The fourth-order valence-electron chi connectivity index (χ4n) is 2.73. The lowest BCUT2D eigenvalue weighted by Gasteiger charge is -2.06. The van der Waals surface area contributed by atoms with Gasteiger partial charge in [0.25, 0.3) is 0 Å². The van der Waals surface area contributed by atoms with Crippen molar-refractivity contribution in [3.63, 3.8) is 0 Å². The van der Waals surface area contributed by atoms with Gasteiger partial charge in [-0.1, -0.05) is 29.8 Å². The Bertz CT molecular complexity index is 1040. The Hall–Kier alpha value is -2.86. The molecule has 0 saturated carbocycles. The topological polar surface area (TPSA) is 52.8 Å². The third-order valence-electron chi connectivity index (χ3n) is 4.12. The van der Waals surface area contributed by atoms with E-state index in [-0.39, 0.29) is 0 Å². The van der Waals surface area contributed by atoms with Crippen molar-refractivity contribution >= 4 is 22.8 Å². The van der Waals surface area contributed by atoms with Crippen LogP contribution in [-0.4, -0.2) is 26.9 Å². The molecule has 0 radical (unpaired) electrons. The third kappa shape index (κ3) is 3.28. The number of aryl methyl sites for hydroxylation is 1. The summed E-state index contributed by atoms with van der Waals surface area (Å²) in [4.78, 5) is 8.89. The minimum atomic E-state index is 0.805.